The number of carboxylic acid groups (broad SMARTS) is 1. The number of hydrogen-bond acceptors (Lipinski definition) is 3. The fourth-order valence-electron chi connectivity index (χ4n) is 1.59. The van der Waals surface area contributed by atoms with E-state index in [-0.39, 0.29) is 16.3 Å². The minimum Gasteiger partial charge on any atom is -0.477 e. The SMILES string of the molecule is CN(C(=O)c1ccsc1C(=O)O)c1ccccc1. The van der Waals surface area contributed by atoms with Crippen molar-refractivity contribution >= 4 is 28.9 Å². The van der Waals surface area contributed by atoms with Crippen LogP contribution in [-0.2, 0) is 0 Å². The largest absolute Gasteiger partial charge is 0.477 e. The van der Waals surface area contributed by atoms with Gasteiger partial charge in [-0.2, -0.15) is 0 Å². The summed E-state index contributed by atoms with van der Waals surface area (Å²) in [5, 5.41) is 10.6. The first-order valence-electron chi connectivity index (χ1n) is 5.25. The average Bonchev–Trinajstić information content (AvgIpc) is 2.87. The second-order valence-electron chi connectivity index (χ2n) is 3.67. The molecular formula is C13H11NO3S. The molecule has 18 heavy (non-hydrogen) atoms. The molecule has 0 fully saturated rings. The third-order valence-corrected chi connectivity index (χ3v) is 3.44. The topological polar surface area (TPSA) is 57.6 Å². The molecule has 0 bridgehead atoms. The molecule has 0 saturated carbocycles. The van der Waals surface area contributed by atoms with Crippen LogP contribution in [0.4, 0.5) is 5.69 Å². The summed E-state index contributed by atoms with van der Waals surface area (Å²) in [5.41, 5.74) is 0.948. The van der Waals surface area contributed by atoms with Gasteiger partial charge in [0.15, 0.2) is 0 Å². The van der Waals surface area contributed by atoms with Gasteiger partial charge in [-0.15, -0.1) is 11.3 Å². The highest BCUT2D eigenvalue weighted by molar-refractivity contribution is 7.12. The maximum absolute atomic E-state index is 12.2. The number of hydrogen-bond donors (Lipinski definition) is 1. The number of aromatic carboxylic acids is 1. The molecule has 1 aromatic carbocycles. The predicted molar refractivity (Wildman–Crippen MR) is 70.5 cm³/mol. The summed E-state index contributed by atoms with van der Waals surface area (Å²) in [7, 11) is 1.63. The number of rotatable bonds is 3. The molecule has 2 rings (SSSR count). The van der Waals surface area contributed by atoms with Crippen LogP contribution in [0.2, 0.25) is 0 Å². The molecule has 0 saturated heterocycles. The Morgan fingerprint density at radius 3 is 2.44 bits per heavy atom. The Labute approximate surface area is 108 Å². The lowest BCUT2D eigenvalue weighted by Gasteiger charge is -2.16. The first kappa shape index (κ1) is 12.3. The Morgan fingerprint density at radius 1 is 1.17 bits per heavy atom. The molecule has 1 heterocycles. The minimum atomic E-state index is -1.07. The van der Waals surface area contributed by atoms with Crippen LogP contribution < -0.4 is 4.90 Å². The van der Waals surface area contributed by atoms with Gasteiger partial charge < -0.3 is 10.0 Å². The van der Waals surface area contributed by atoms with E-state index in [9.17, 15) is 9.59 Å². The monoisotopic (exact) mass is 261 g/mol. The van der Waals surface area contributed by atoms with Crippen LogP contribution in [0, 0.1) is 0 Å². The Hall–Kier alpha value is -2.14. The normalized spacial score (nSPS) is 10.1. The highest BCUT2D eigenvalue weighted by Crippen LogP contribution is 2.21. The second-order valence-corrected chi connectivity index (χ2v) is 4.58. The van der Waals surface area contributed by atoms with Gasteiger partial charge in [0.2, 0.25) is 0 Å². The van der Waals surface area contributed by atoms with Crippen LogP contribution in [0.5, 0.6) is 0 Å². The van der Waals surface area contributed by atoms with Crippen molar-refractivity contribution in [3.8, 4) is 0 Å². The lowest BCUT2D eigenvalue weighted by molar-refractivity contribution is 0.0697. The minimum absolute atomic E-state index is 0.0720. The van der Waals surface area contributed by atoms with Crippen molar-refractivity contribution in [3.05, 3.63) is 52.2 Å². The fourth-order valence-corrected chi connectivity index (χ4v) is 2.32. The van der Waals surface area contributed by atoms with Gasteiger partial charge in [0.05, 0.1) is 5.56 Å². The number of carbonyl (C=O) groups is 2. The molecule has 1 amide bonds. The van der Waals surface area contributed by atoms with Crippen LogP contribution in [0.25, 0.3) is 0 Å². The van der Waals surface area contributed by atoms with Crippen molar-refractivity contribution in [1.82, 2.24) is 0 Å². The number of thiophene rings is 1. The van der Waals surface area contributed by atoms with Crippen LogP contribution in [0.1, 0.15) is 20.0 Å². The molecule has 1 N–H and O–H groups in total. The van der Waals surface area contributed by atoms with Crippen LogP contribution >= 0.6 is 11.3 Å². The first-order chi connectivity index (χ1) is 8.61. The van der Waals surface area contributed by atoms with Gasteiger partial charge >= 0.3 is 5.97 Å². The van der Waals surface area contributed by atoms with E-state index in [4.69, 9.17) is 5.11 Å². The summed E-state index contributed by atoms with van der Waals surface area (Å²) in [6.07, 6.45) is 0. The van der Waals surface area contributed by atoms with E-state index in [0.717, 1.165) is 17.0 Å². The first-order valence-corrected chi connectivity index (χ1v) is 6.13. The Bertz CT molecular complexity index is 577. The van der Waals surface area contributed by atoms with Gasteiger partial charge in [0, 0.05) is 12.7 Å². The number of amides is 1. The molecule has 0 atom stereocenters. The number of anilines is 1. The quantitative estimate of drug-likeness (QED) is 0.924. The summed E-state index contributed by atoms with van der Waals surface area (Å²) >= 11 is 1.05. The van der Waals surface area contributed by atoms with E-state index in [1.807, 2.05) is 18.2 Å². The van der Waals surface area contributed by atoms with Crippen LogP contribution in [0.15, 0.2) is 41.8 Å². The third kappa shape index (κ3) is 2.26. The number of carbonyl (C=O) groups excluding carboxylic acids is 1. The molecule has 0 aliphatic rings. The van der Waals surface area contributed by atoms with Gasteiger partial charge in [-0.3, -0.25) is 4.79 Å². The average molecular weight is 261 g/mol. The Balaban J connectivity index is 2.32. The highest BCUT2D eigenvalue weighted by Gasteiger charge is 2.21. The summed E-state index contributed by atoms with van der Waals surface area (Å²) in [6, 6.07) is 10.6. The molecule has 1 aromatic heterocycles. The van der Waals surface area contributed by atoms with E-state index in [1.165, 1.54) is 11.0 Å². The van der Waals surface area contributed by atoms with Crippen molar-refractivity contribution < 1.29 is 14.7 Å². The smallest absolute Gasteiger partial charge is 0.346 e. The van der Waals surface area contributed by atoms with Crippen LogP contribution in [-0.4, -0.2) is 24.0 Å². The zero-order valence-electron chi connectivity index (χ0n) is 9.66. The zero-order chi connectivity index (χ0) is 13.1. The number of carboxylic acids is 1. The second kappa shape index (κ2) is 5.01. The van der Waals surface area contributed by atoms with Crippen molar-refractivity contribution in [1.29, 1.82) is 0 Å². The van der Waals surface area contributed by atoms with Gasteiger partial charge in [0.25, 0.3) is 5.91 Å². The molecule has 5 heteroatoms. The van der Waals surface area contributed by atoms with Gasteiger partial charge in [-0.1, -0.05) is 18.2 Å². The Kier molecular flexibility index (Phi) is 3.43. The van der Waals surface area contributed by atoms with Crippen LogP contribution in [0.3, 0.4) is 0 Å². The number of nitrogens with zero attached hydrogens (tertiary/aromatic N) is 1. The maximum atomic E-state index is 12.2. The number of para-hydroxylation sites is 1. The van der Waals surface area contributed by atoms with Crippen molar-refractivity contribution in [2.75, 3.05) is 11.9 Å². The van der Waals surface area contributed by atoms with E-state index in [1.54, 1.807) is 24.6 Å². The molecule has 4 nitrogen and oxygen atoms in total. The summed E-state index contributed by atoms with van der Waals surface area (Å²) < 4.78 is 0. The van der Waals surface area contributed by atoms with E-state index in [0.29, 0.717) is 0 Å². The summed E-state index contributed by atoms with van der Waals surface area (Å²) in [4.78, 5) is 24.7. The van der Waals surface area contributed by atoms with Crippen molar-refractivity contribution in [2.24, 2.45) is 0 Å². The van der Waals surface area contributed by atoms with E-state index in [2.05, 4.69) is 0 Å². The molecule has 0 unspecified atom stereocenters. The van der Waals surface area contributed by atoms with E-state index < -0.39 is 5.97 Å². The van der Waals surface area contributed by atoms with Gasteiger partial charge in [-0.05, 0) is 23.6 Å². The molecule has 0 spiro atoms. The number of benzene rings is 1. The van der Waals surface area contributed by atoms with Crippen molar-refractivity contribution in [3.63, 3.8) is 0 Å². The maximum Gasteiger partial charge on any atom is 0.346 e. The molecule has 0 radical (unpaired) electrons. The molecule has 2 aromatic rings. The predicted octanol–water partition coefficient (Wildman–Crippen LogP) is 2.72. The molecular weight excluding hydrogens is 250 g/mol. The standard InChI is InChI=1S/C13H11NO3S/c1-14(9-5-3-2-4-6-9)12(15)10-7-8-18-11(10)13(16)17/h2-8H,1H3,(H,16,17). The third-order valence-electron chi connectivity index (χ3n) is 2.54. The van der Waals surface area contributed by atoms with Crippen molar-refractivity contribution in [2.45, 2.75) is 0 Å². The fraction of sp³-hybridized carbons (Fsp3) is 0.0769. The van der Waals surface area contributed by atoms with E-state index >= 15 is 0 Å². The lowest BCUT2D eigenvalue weighted by Crippen LogP contribution is -2.27. The summed E-state index contributed by atoms with van der Waals surface area (Å²) in [5.74, 6) is -1.39. The summed E-state index contributed by atoms with van der Waals surface area (Å²) in [6.45, 7) is 0. The lowest BCUT2D eigenvalue weighted by atomic mass is 10.2. The molecule has 0 aliphatic heterocycles. The zero-order valence-corrected chi connectivity index (χ0v) is 10.5. The highest BCUT2D eigenvalue weighted by atomic mass is 32.1. The molecule has 0 aliphatic carbocycles. The molecule has 92 valence electrons. The van der Waals surface area contributed by atoms with Gasteiger partial charge in [0.1, 0.15) is 4.88 Å². The van der Waals surface area contributed by atoms with Gasteiger partial charge in [-0.25, -0.2) is 4.79 Å². The Morgan fingerprint density at radius 2 is 1.83 bits per heavy atom.